The van der Waals surface area contributed by atoms with Gasteiger partial charge in [-0.2, -0.15) is 0 Å². The molecule has 0 radical (unpaired) electrons. The van der Waals surface area contributed by atoms with Gasteiger partial charge in [-0.1, -0.05) is 24.3 Å². The van der Waals surface area contributed by atoms with Crippen LogP contribution in [0.1, 0.15) is 0 Å². The summed E-state index contributed by atoms with van der Waals surface area (Å²) in [6, 6.07) is 17.7. The van der Waals surface area contributed by atoms with Gasteiger partial charge in [-0.3, -0.25) is 0 Å². The first-order valence-electron chi connectivity index (χ1n) is 4.52. The molecule has 0 aromatic heterocycles. The molecule has 0 aliphatic carbocycles. The van der Waals surface area contributed by atoms with Crippen molar-refractivity contribution in [2.24, 2.45) is 0 Å². The Morgan fingerprint density at radius 3 is 2.13 bits per heavy atom. The molecule has 0 atom stereocenters. The van der Waals surface area contributed by atoms with E-state index in [0.29, 0.717) is 0 Å². The number of nitrogens with two attached hydrogens (primary N) is 1. The summed E-state index contributed by atoms with van der Waals surface area (Å²) >= 11 is 0. The van der Waals surface area contributed by atoms with E-state index in [9.17, 15) is 0 Å². The molecule has 0 saturated heterocycles. The first-order chi connectivity index (χ1) is 6.84. The number of hydrogen-bond donors (Lipinski definition) is 2. The van der Waals surface area contributed by atoms with Crippen LogP contribution in [0.15, 0.2) is 54.6 Å². The Labute approximate surface area is 95.5 Å². The second-order valence-electron chi connectivity index (χ2n) is 3.12. The fraction of sp³-hybridized carbons (Fsp3) is 0. The summed E-state index contributed by atoms with van der Waals surface area (Å²) in [5.41, 5.74) is 8.52. The van der Waals surface area contributed by atoms with E-state index in [4.69, 9.17) is 5.73 Å². The van der Waals surface area contributed by atoms with Crippen molar-refractivity contribution in [2.75, 3.05) is 11.1 Å². The van der Waals surface area contributed by atoms with Crippen molar-refractivity contribution in [1.29, 1.82) is 0 Å². The fourth-order valence-corrected chi connectivity index (χ4v) is 1.30. The molecule has 0 saturated carbocycles. The van der Waals surface area contributed by atoms with Gasteiger partial charge in [0.15, 0.2) is 0 Å². The summed E-state index contributed by atoms with van der Waals surface area (Å²) in [6.07, 6.45) is 0. The number of benzene rings is 2. The summed E-state index contributed by atoms with van der Waals surface area (Å²) in [5.74, 6) is 0. The van der Waals surface area contributed by atoms with E-state index >= 15 is 0 Å². The summed E-state index contributed by atoms with van der Waals surface area (Å²) < 4.78 is 0. The number of hydrogen-bond acceptors (Lipinski definition) is 2. The molecule has 0 unspecified atom stereocenters. The van der Waals surface area contributed by atoms with Gasteiger partial charge in [0.1, 0.15) is 0 Å². The second kappa shape index (κ2) is 5.27. The molecule has 0 heterocycles. The Bertz CT molecular complexity index is 415. The second-order valence-corrected chi connectivity index (χ2v) is 3.12. The highest BCUT2D eigenvalue weighted by atomic mass is 35.5. The van der Waals surface area contributed by atoms with Crippen LogP contribution < -0.4 is 11.1 Å². The molecular formula is C12H13ClN2. The first-order valence-corrected chi connectivity index (χ1v) is 4.52. The normalized spacial score (nSPS) is 9.07. The largest absolute Gasteiger partial charge is 0.399 e. The Kier molecular flexibility index (Phi) is 4.01. The Morgan fingerprint density at radius 1 is 0.800 bits per heavy atom. The Morgan fingerprint density at radius 2 is 1.47 bits per heavy atom. The number of nitrogens with one attached hydrogen (secondary N) is 1. The molecule has 2 aromatic carbocycles. The molecule has 2 aromatic rings. The quantitative estimate of drug-likeness (QED) is 0.761. The predicted molar refractivity (Wildman–Crippen MR) is 67.8 cm³/mol. The van der Waals surface area contributed by atoms with E-state index in [2.05, 4.69) is 5.32 Å². The Hall–Kier alpha value is -1.67. The standard InChI is InChI=1S/C12H12N2.ClH/c13-10-5-4-8-12(9-10)14-11-6-2-1-3-7-11;/h1-9,14H,13H2;1H. The van der Waals surface area contributed by atoms with Crippen LogP contribution in [-0.4, -0.2) is 0 Å². The van der Waals surface area contributed by atoms with E-state index < -0.39 is 0 Å². The van der Waals surface area contributed by atoms with Gasteiger partial charge in [0.2, 0.25) is 0 Å². The van der Waals surface area contributed by atoms with Crippen LogP contribution in [-0.2, 0) is 0 Å². The van der Waals surface area contributed by atoms with Gasteiger partial charge in [0.05, 0.1) is 0 Å². The summed E-state index contributed by atoms with van der Waals surface area (Å²) in [6.45, 7) is 0. The number of rotatable bonds is 2. The molecular weight excluding hydrogens is 208 g/mol. The zero-order valence-electron chi connectivity index (χ0n) is 8.18. The van der Waals surface area contributed by atoms with Gasteiger partial charge < -0.3 is 11.1 Å². The monoisotopic (exact) mass is 220 g/mol. The van der Waals surface area contributed by atoms with Crippen LogP contribution in [0.2, 0.25) is 0 Å². The highest BCUT2D eigenvalue weighted by Gasteiger charge is 1.92. The van der Waals surface area contributed by atoms with E-state index in [1.807, 2.05) is 54.6 Å². The average molecular weight is 221 g/mol. The van der Waals surface area contributed by atoms with Crippen molar-refractivity contribution < 1.29 is 0 Å². The minimum Gasteiger partial charge on any atom is -0.399 e. The molecule has 0 spiro atoms. The van der Waals surface area contributed by atoms with Crippen molar-refractivity contribution in [3.05, 3.63) is 54.6 Å². The summed E-state index contributed by atoms with van der Waals surface area (Å²) in [5, 5.41) is 3.26. The lowest BCUT2D eigenvalue weighted by molar-refractivity contribution is 1.55. The van der Waals surface area contributed by atoms with Crippen LogP contribution in [0.5, 0.6) is 0 Å². The molecule has 0 aliphatic heterocycles. The SMILES string of the molecule is Cl.Nc1cccc(Nc2ccccc2)c1. The third-order valence-electron chi connectivity index (χ3n) is 1.95. The van der Waals surface area contributed by atoms with Crippen molar-refractivity contribution >= 4 is 29.5 Å². The number of nitrogen functional groups attached to an aromatic ring is 1. The molecule has 0 amide bonds. The van der Waals surface area contributed by atoms with Crippen molar-refractivity contribution in [3.63, 3.8) is 0 Å². The van der Waals surface area contributed by atoms with E-state index in [1.54, 1.807) is 0 Å². The minimum absolute atomic E-state index is 0. The molecule has 0 fully saturated rings. The first kappa shape index (κ1) is 11.4. The maximum atomic E-state index is 5.67. The highest BCUT2D eigenvalue weighted by molar-refractivity contribution is 5.85. The molecule has 2 rings (SSSR count). The van der Waals surface area contributed by atoms with Crippen molar-refractivity contribution in [3.8, 4) is 0 Å². The van der Waals surface area contributed by atoms with Crippen molar-refractivity contribution in [1.82, 2.24) is 0 Å². The molecule has 15 heavy (non-hydrogen) atoms. The zero-order chi connectivity index (χ0) is 9.80. The zero-order valence-corrected chi connectivity index (χ0v) is 9.00. The number of anilines is 3. The van der Waals surface area contributed by atoms with Crippen LogP contribution in [0, 0.1) is 0 Å². The van der Waals surface area contributed by atoms with E-state index in [0.717, 1.165) is 17.1 Å². The van der Waals surface area contributed by atoms with Gasteiger partial charge in [-0.25, -0.2) is 0 Å². The smallest absolute Gasteiger partial charge is 0.0404 e. The maximum Gasteiger partial charge on any atom is 0.0404 e. The number of para-hydroxylation sites is 1. The average Bonchev–Trinajstić information content (AvgIpc) is 2.19. The van der Waals surface area contributed by atoms with Crippen LogP contribution in [0.4, 0.5) is 17.1 Å². The summed E-state index contributed by atoms with van der Waals surface area (Å²) in [4.78, 5) is 0. The lowest BCUT2D eigenvalue weighted by atomic mass is 10.2. The molecule has 3 heteroatoms. The molecule has 0 aliphatic rings. The fourth-order valence-electron chi connectivity index (χ4n) is 1.30. The Balaban J connectivity index is 0.00000112. The van der Waals surface area contributed by atoms with Crippen LogP contribution in [0.3, 0.4) is 0 Å². The van der Waals surface area contributed by atoms with Gasteiger partial charge in [-0.05, 0) is 30.3 Å². The number of halogens is 1. The van der Waals surface area contributed by atoms with Gasteiger partial charge in [0.25, 0.3) is 0 Å². The van der Waals surface area contributed by atoms with E-state index in [1.165, 1.54) is 0 Å². The van der Waals surface area contributed by atoms with E-state index in [-0.39, 0.29) is 12.4 Å². The van der Waals surface area contributed by atoms with Gasteiger partial charge in [0, 0.05) is 17.1 Å². The molecule has 2 nitrogen and oxygen atoms in total. The van der Waals surface area contributed by atoms with Gasteiger partial charge >= 0.3 is 0 Å². The topological polar surface area (TPSA) is 38.0 Å². The minimum atomic E-state index is 0. The molecule has 78 valence electrons. The van der Waals surface area contributed by atoms with Crippen molar-refractivity contribution in [2.45, 2.75) is 0 Å². The molecule has 3 N–H and O–H groups in total. The third kappa shape index (κ3) is 3.18. The third-order valence-corrected chi connectivity index (χ3v) is 1.95. The van der Waals surface area contributed by atoms with Gasteiger partial charge in [-0.15, -0.1) is 12.4 Å². The van der Waals surface area contributed by atoms with Crippen LogP contribution >= 0.6 is 12.4 Å². The lowest BCUT2D eigenvalue weighted by Gasteiger charge is -2.06. The highest BCUT2D eigenvalue weighted by Crippen LogP contribution is 2.17. The maximum absolute atomic E-state index is 5.67. The predicted octanol–water partition coefficient (Wildman–Crippen LogP) is 3.43. The molecule has 0 bridgehead atoms. The van der Waals surface area contributed by atoms with Crippen LogP contribution in [0.25, 0.3) is 0 Å². The lowest BCUT2D eigenvalue weighted by Crippen LogP contribution is -1.91. The summed E-state index contributed by atoms with van der Waals surface area (Å²) in [7, 11) is 0.